The van der Waals surface area contributed by atoms with Gasteiger partial charge in [-0.25, -0.2) is 0 Å². The molecule has 0 spiro atoms. The fourth-order valence-electron chi connectivity index (χ4n) is 1.16. The van der Waals surface area contributed by atoms with Crippen molar-refractivity contribution in [3.05, 3.63) is 0 Å². The minimum absolute atomic E-state index is 0.154. The molecular formula is C8H20NO2+. The Balaban J connectivity index is 4.08. The van der Waals surface area contributed by atoms with Crippen LogP contribution in [0.25, 0.3) is 0 Å². The highest BCUT2D eigenvalue weighted by Crippen LogP contribution is 2.12. The van der Waals surface area contributed by atoms with Gasteiger partial charge in [-0.05, 0) is 6.42 Å². The van der Waals surface area contributed by atoms with Crippen molar-refractivity contribution in [1.29, 1.82) is 0 Å². The van der Waals surface area contributed by atoms with Crippen LogP contribution in [-0.2, 0) is 0 Å². The lowest BCUT2D eigenvalue weighted by Crippen LogP contribution is -2.51. The highest BCUT2D eigenvalue weighted by atomic mass is 16.3. The topological polar surface area (TPSA) is 40.5 Å². The molecule has 0 radical (unpaired) electrons. The highest BCUT2D eigenvalue weighted by molar-refractivity contribution is 4.74. The van der Waals surface area contributed by atoms with Gasteiger partial charge in [0.05, 0.1) is 27.7 Å². The van der Waals surface area contributed by atoms with E-state index in [4.69, 9.17) is 5.11 Å². The van der Waals surface area contributed by atoms with Gasteiger partial charge in [0.2, 0.25) is 0 Å². The van der Waals surface area contributed by atoms with E-state index in [1.54, 1.807) is 0 Å². The molecule has 0 saturated carbocycles. The number of aliphatic hydroxyl groups is 2. The molecule has 0 saturated heterocycles. The smallest absolute Gasteiger partial charge is 0.136 e. The lowest BCUT2D eigenvalue weighted by molar-refractivity contribution is -0.877. The van der Waals surface area contributed by atoms with Crippen LogP contribution in [0.2, 0.25) is 0 Å². The van der Waals surface area contributed by atoms with Gasteiger partial charge >= 0.3 is 0 Å². The second-order valence-electron chi connectivity index (χ2n) is 4.18. The molecular weight excluding hydrogens is 142 g/mol. The molecule has 1 atom stereocenters. The summed E-state index contributed by atoms with van der Waals surface area (Å²) in [4.78, 5) is 0. The number of hydrogen-bond donors (Lipinski definition) is 2. The summed E-state index contributed by atoms with van der Waals surface area (Å²) in [6, 6.07) is 0. The summed E-state index contributed by atoms with van der Waals surface area (Å²) >= 11 is 0. The first-order valence-corrected chi connectivity index (χ1v) is 3.97. The van der Waals surface area contributed by atoms with Crippen LogP contribution in [-0.4, -0.2) is 54.6 Å². The van der Waals surface area contributed by atoms with Crippen LogP contribution in [0.5, 0.6) is 0 Å². The Morgan fingerprint density at radius 2 is 1.73 bits per heavy atom. The van der Waals surface area contributed by atoms with Crippen LogP contribution >= 0.6 is 0 Å². The first kappa shape index (κ1) is 10.9. The third-order valence-corrected chi connectivity index (χ3v) is 1.72. The Hall–Kier alpha value is -0.120. The molecule has 0 aliphatic carbocycles. The van der Waals surface area contributed by atoms with Crippen LogP contribution in [0, 0.1) is 0 Å². The van der Waals surface area contributed by atoms with E-state index < -0.39 is 5.60 Å². The average molecular weight is 162 g/mol. The van der Waals surface area contributed by atoms with E-state index in [-0.39, 0.29) is 6.61 Å². The van der Waals surface area contributed by atoms with E-state index in [0.717, 1.165) is 0 Å². The Kier molecular flexibility index (Phi) is 3.48. The largest absolute Gasteiger partial charge is 0.393 e. The maximum absolute atomic E-state index is 9.70. The molecule has 0 amide bonds. The quantitative estimate of drug-likeness (QED) is 0.563. The Labute approximate surface area is 68.9 Å². The summed E-state index contributed by atoms with van der Waals surface area (Å²) in [5.41, 5.74) is -0.905. The highest BCUT2D eigenvalue weighted by Gasteiger charge is 2.30. The SMILES string of the molecule is CCC(O)(CO)C[N+](C)(C)C. The normalized spacial score (nSPS) is 18.0. The second-order valence-corrected chi connectivity index (χ2v) is 4.18. The molecule has 0 aromatic rings. The van der Waals surface area contributed by atoms with Gasteiger partial charge in [-0.3, -0.25) is 0 Å². The van der Waals surface area contributed by atoms with Gasteiger partial charge in [0.15, 0.2) is 0 Å². The molecule has 0 heterocycles. The van der Waals surface area contributed by atoms with Crippen molar-refractivity contribution in [2.75, 3.05) is 34.3 Å². The molecule has 3 nitrogen and oxygen atoms in total. The lowest BCUT2D eigenvalue weighted by atomic mass is 10.0. The predicted molar refractivity (Wildman–Crippen MR) is 45.2 cm³/mol. The number of aliphatic hydroxyl groups excluding tert-OH is 1. The summed E-state index contributed by atoms with van der Waals surface area (Å²) in [5.74, 6) is 0. The summed E-state index contributed by atoms with van der Waals surface area (Å²) in [6.45, 7) is 2.31. The molecule has 0 aromatic heterocycles. The lowest BCUT2D eigenvalue weighted by Gasteiger charge is -2.33. The van der Waals surface area contributed by atoms with E-state index in [2.05, 4.69) is 0 Å². The predicted octanol–water partition coefficient (Wildman–Crippen LogP) is -0.174. The van der Waals surface area contributed by atoms with Crippen LogP contribution in [0.15, 0.2) is 0 Å². The van der Waals surface area contributed by atoms with Crippen LogP contribution in [0.3, 0.4) is 0 Å². The van der Waals surface area contributed by atoms with Gasteiger partial charge in [-0.1, -0.05) is 6.92 Å². The molecule has 11 heavy (non-hydrogen) atoms. The molecule has 0 aliphatic rings. The van der Waals surface area contributed by atoms with Crippen molar-refractivity contribution in [2.24, 2.45) is 0 Å². The third kappa shape index (κ3) is 4.35. The number of rotatable bonds is 4. The van der Waals surface area contributed by atoms with Crippen LogP contribution in [0.1, 0.15) is 13.3 Å². The summed E-state index contributed by atoms with van der Waals surface area (Å²) < 4.78 is 0.672. The van der Waals surface area contributed by atoms with Gasteiger partial charge in [-0.15, -0.1) is 0 Å². The first-order valence-electron chi connectivity index (χ1n) is 3.97. The molecule has 0 aliphatic heterocycles. The maximum Gasteiger partial charge on any atom is 0.136 e. The molecule has 68 valence electrons. The molecule has 1 unspecified atom stereocenters. The second kappa shape index (κ2) is 3.52. The number of nitrogens with zero attached hydrogens (tertiary/aromatic N) is 1. The number of likely N-dealkylation sites (N-methyl/N-ethyl adjacent to an activating group) is 1. The Morgan fingerprint density at radius 3 is 1.82 bits per heavy atom. The Bertz CT molecular complexity index is 114. The van der Waals surface area contributed by atoms with Gasteiger partial charge in [0.25, 0.3) is 0 Å². The summed E-state index contributed by atoms with van der Waals surface area (Å²) in [6.07, 6.45) is 0.596. The molecule has 0 fully saturated rings. The zero-order valence-corrected chi connectivity index (χ0v) is 7.96. The minimum atomic E-state index is -0.905. The van der Waals surface area contributed by atoms with Crippen molar-refractivity contribution in [2.45, 2.75) is 18.9 Å². The van der Waals surface area contributed by atoms with E-state index in [1.807, 2.05) is 28.1 Å². The molecule has 0 bridgehead atoms. The molecule has 2 N–H and O–H groups in total. The van der Waals surface area contributed by atoms with E-state index in [1.165, 1.54) is 0 Å². The molecule has 3 heteroatoms. The first-order chi connectivity index (χ1) is 4.83. The zero-order valence-electron chi connectivity index (χ0n) is 7.96. The van der Waals surface area contributed by atoms with Crippen molar-refractivity contribution in [3.8, 4) is 0 Å². The third-order valence-electron chi connectivity index (χ3n) is 1.72. The maximum atomic E-state index is 9.70. The van der Waals surface area contributed by atoms with Crippen molar-refractivity contribution < 1.29 is 14.7 Å². The van der Waals surface area contributed by atoms with Gasteiger partial charge in [0.1, 0.15) is 12.1 Å². The molecule has 0 aromatic carbocycles. The van der Waals surface area contributed by atoms with Crippen LogP contribution in [0.4, 0.5) is 0 Å². The number of hydrogen-bond acceptors (Lipinski definition) is 2. The fraction of sp³-hybridized carbons (Fsp3) is 1.00. The van der Waals surface area contributed by atoms with Crippen molar-refractivity contribution in [3.63, 3.8) is 0 Å². The number of quaternary nitrogens is 1. The van der Waals surface area contributed by atoms with E-state index in [9.17, 15) is 5.11 Å². The minimum Gasteiger partial charge on any atom is -0.393 e. The average Bonchev–Trinajstić information content (AvgIpc) is 1.84. The van der Waals surface area contributed by atoms with Gasteiger partial charge < -0.3 is 14.7 Å². The van der Waals surface area contributed by atoms with Crippen molar-refractivity contribution >= 4 is 0 Å². The summed E-state index contributed by atoms with van der Waals surface area (Å²) in [7, 11) is 5.99. The van der Waals surface area contributed by atoms with Crippen molar-refractivity contribution in [1.82, 2.24) is 0 Å². The van der Waals surface area contributed by atoms with Gasteiger partial charge in [-0.2, -0.15) is 0 Å². The van der Waals surface area contributed by atoms with E-state index in [0.29, 0.717) is 17.4 Å². The molecule has 0 rings (SSSR count). The Morgan fingerprint density at radius 1 is 1.27 bits per heavy atom. The monoisotopic (exact) mass is 162 g/mol. The standard InChI is InChI=1S/C8H20NO2/c1-5-8(11,7-10)6-9(2,3)4/h10-11H,5-7H2,1-4H3/q+1. The van der Waals surface area contributed by atoms with Crippen LogP contribution < -0.4 is 0 Å². The summed E-state index contributed by atoms with van der Waals surface area (Å²) in [5, 5.41) is 18.6. The van der Waals surface area contributed by atoms with Gasteiger partial charge in [0, 0.05) is 0 Å². The fourth-order valence-corrected chi connectivity index (χ4v) is 1.16. The van der Waals surface area contributed by atoms with E-state index >= 15 is 0 Å². The zero-order chi connectivity index (χ0) is 9.12.